The third-order valence-corrected chi connectivity index (χ3v) is 1.56. The van der Waals surface area contributed by atoms with Crippen molar-refractivity contribution in [2.75, 3.05) is 0 Å². The van der Waals surface area contributed by atoms with Crippen LogP contribution in [0, 0.1) is 0 Å². The first kappa shape index (κ1) is 12.0. The van der Waals surface area contributed by atoms with Gasteiger partial charge in [0.2, 0.25) is 0 Å². The van der Waals surface area contributed by atoms with Gasteiger partial charge in [-0.1, -0.05) is 26.0 Å². The molecule has 0 unspecified atom stereocenters. The maximum atomic E-state index is 8.94. The molecule has 0 spiro atoms. The number of hydrogen-bond donors (Lipinski definition) is 3. The summed E-state index contributed by atoms with van der Waals surface area (Å²) in [6.07, 6.45) is 0. The minimum absolute atomic E-state index is 0.337. The van der Waals surface area contributed by atoms with Crippen LogP contribution in [0.15, 0.2) is 24.3 Å². The van der Waals surface area contributed by atoms with Crippen molar-refractivity contribution in [2.24, 2.45) is 0 Å². The van der Waals surface area contributed by atoms with E-state index in [0.29, 0.717) is 11.7 Å². The van der Waals surface area contributed by atoms with E-state index < -0.39 is 7.69 Å². The molecule has 0 atom stereocenters. The van der Waals surface area contributed by atoms with Crippen molar-refractivity contribution in [1.82, 2.24) is 0 Å². The zero-order valence-electron chi connectivity index (χ0n) is 7.94. The van der Waals surface area contributed by atoms with E-state index >= 15 is 0 Å². The van der Waals surface area contributed by atoms with Gasteiger partial charge in [0.05, 0.1) is 0 Å². The molecule has 0 bridgehead atoms. The molecule has 72 valence electrons. The van der Waals surface area contributed by atoms with Crippen LogP contribution in [0.25, 0.3) is 0 Å². The monoisotopic (exact) mass is 182 g/mol. The Balaban J connectivity index is 0.000000424. The van der Waals surface area contributed by atoms with Crippen molar-refractivity contribution in [1.29, 1.82) is 0 Å². The Morgan fingerprint density at radius 2 is 1.46 bits per heavy atom. The zero-order valence-corrected chi connectivity index (χ0v) is 7.94. The van der Waals surface area contributed by atoms with Crippen LogP contribution >= 0.6 is 0 Å². The molecule has 3 nitrogen and oxygen atoms in total. The van der Waals surface area contributed by atoms with Gasteiger partial charge in [-0.05, 0) is 23.6 Å². The van der Waals surface area contributed by atoms with E-state index in [0.717, 1.165) is 0 Å². The van der Waals surface area contributed by atoms with E-state index in [-0.39, 0.29) is 0 Å². The lowest BCUT2D eigenvalue weighted by atomic mass is 10.0. The summed E-state index contributed by atoms with van der Waals surface area (Å²) in [5.74, 6) is 0.880. The minimum Gasteiger partial charge on any atom is -0.508 e. The smallest absolute Gasteiger partial charge is 0.432 e. The molecule has 0 aliphatic heterocycles. The number of benzene rings is 1. The quantitative estimate of drug-likeness (QED) is 0.561. The van der Waals surface area contributed by atoms with Crippen LogP contribution < -0.4 is 0 Å². The fourth-order valence-electron chi connectivity index (χ4n) is 0.859. The Bertz CT molecular complexity index is 221. The topological polar surface area (TPSA) is 60.7 Å². The van der Waals surface area contributed by atoms with Crippen LogP contribution in [0.4, 0.5) is 0 Å². The van der Waals surface area contributed by atoms with Crippen LogP contribution in [-0.4, -0.2) is 22.8 Å². The van der Waals surface area contributed by atoms with Gasteiger partial charge in [-0.25, -0.2) is 0 Å². The lowest BCUT2D eigenvalue weighted by Gasteiger charge is -2.03. The first-order valence-electron chi connectivity index (χ1n) is 4.12. The molecule has 1 aromatic rings. The van der Waals surface area contributed by atoms with E-state index in [9.17, 15) is 0 Å². The predicted octanol–water partition coefficient (Wildman–Crippen LogP) is 0.753. The summed E-state index contributed by atoms with van der Waals surface area (Å²) in [6.45, 7) is 4.26. The Morgan fingerprint density at radius 1 is 1.08 bits per heavy atom. The van der Waals surface area contributed by atoms with Crippen LogP contribution in [0.3, 0.4) is 0 Å². The zero-order chi connectivity index (χ0) is 10.3. The molecule has 0 saturated carbocycles. The van der Waals surface area contributed by atoms with Crippen LogP contribution in [0.5, 0.6) is 5.75 Å². The largest absolute Gasteiger partial charge is 0.508 e. The fraction of sp³-hybridized carbons (Fsp3) is 0.333. The maximum absolute atomic E-state index is 8.94. The van der Waals surface area contributed by atoms with E-state index in [1.54, 1.807) is 12.1 Å². The van der Waals surface area contributed by atoms with Gasteiger partial charge < -0.3 is 15.2 Å². The Kier molecular flexibility index (Phi) is 6.01. The minimum atomic E-state index is -0.750. The molecule has 3 N–H and O–H groups in total. The molecule has 4 heteroatoms. The fourth-order valence-corrected chi connectivity index (χ4v) is 0.859. The molecule has 0 fully saturated rings. The van der Waals surface area contributed by atoms with Crippen molar-refractivity contribution >= 4 is 7.69 Å². The molecule has 0 aliphatic rings. The number of phenolic OH excluding ortho intramolecular Hbond substituents is 1. The molecule has 1 rings (SSSR count). The highest BCUT2D eigenvalue weighted by atomic mass is 16.4. The predicted molar refractivity (Wildman–Crippen MR) is 53.8 cm³/mol. The van der Waals surface area contributed by atoms with Gasteiger partial charge in [-0.3, -0.25) is 0 Å². The van der Waals surface area contributed by atoms with Gasteiger partial charge in [0, 0.05) is 0 Å². The lowest BCUT2D eigenvalue weighted by Crippen LogP contribution is -1.84. The molecule has 0 aliphatic carbocycles. The van der Waals surface area contributed by atoms with Crippen LogP contribution in [0.1, 0.15) is 25.3 Å². The number of phenols is 1. The summed E-state index contributed by atoms with van der Waals surface area (Å²) in [4.78, 5) is 0. The van der Waals surface area contributed by atoms with Crippen molar-refractivity contribution < 1.29 is 15.2 Å². The van der Waals surface area contributed by atoms with E-state index in [2.05, 4.69) is 13.8 Å². The first-order valence-corrected chi connectivity index (χ1v) is 4.12. The number of rotatable bonds is 1. The summed E-state index contributed by atoms with van der Waals surface area (Å²) in [6, 6.07) is 7.32. The standard InChI is InChI=1S/C9H12O.BH3O2/c1-7(2)8-3-5-9(10)6-4-8;2-1-3/h3-7,10H,1-2H3;1-3H. The molecular weight excluding hydrogens is 167 g/mol. The van der Waals surface area contributed by atoms with E-state index in [4.69, 9.17) is 15.2 Å². The Labute approximate surface area is 79.0 Å². The van der Waals surface area contributed by atoms with Crippen molar-refractivity contribution in [3.63, 3.8) is 0 Å². The second kappa shape index (κ2) is 6.51. The highest BCUT2D eigenvalue weighted by molar-refractivity contribution is 6.13. The van der Waals surface area contributed by atoms with E-state index in [1.807, 2.05) is 12.1 Å². The van der Waals surface area contributed by atoms with Gasteiger partial charge in [0.25, 0.3) is 0 Å². The molecule has 0 radical (unpaired) electrons. The normalized spacial score (nSPS) is 9.00. The highest BCUT2D eigenvalue weighted by Gasteiger charge is 1.96. The molecule has 1 aromatic carbocycles. The summed E-state index contributed by atoms with van der Waals surface area (Å²) >= 11 is 0. The van der Waals surface area contributed by atoms with Crippen molar-refractivity contribution in [3.05, 3.63) is 29.8 Å². The lowest BCUT2D eigenvalue weighted by molar-refractivity contribution is 0.448. The third-order valence-electron chi connectivity index (χ3n) is 1.56. The highest BCUT2D eigenvalue weighted by Crippen LogP contribution is 2.16. The van der Waals surface area contributed by atoms with Crippen LogP contribution in [0.2, 0.25) is 0 Å². The summed E-state index contributed by atoms with van der Waals surface area (Å²) in [5.41, 5.74) is 1.26. The summed E-state index contributed by atoms with van der Waals surface area (Å²) < 4.78 is 0. The summed E-state index contributed by atoms with van der Waals surface area (Å²) in [5, 5.41) is 23.2. The summed E-state index contributed by atoms with van der Waals surface area (Å²) in [7, 11) is -0.750. The molecule has 0 aromatic heterocycles. The van der Waals surface area contributed by atoms with Crippen molar-refractivity contribution in [3.8, 4) is 5.75 Å². The molecule has 0 amide bonds. The molecule has 0 saturated heterocycles. The second-order valence-corrected chi connectivity index (χ2v) is 2.89. The average Bonchev–Trinajstić information content (AvgIpc) is 2.06. The second-order valence-electron chi connectivity index (χ2n) is 2.89. The third kappa shape index (κ3) is 5.28. The van der Waals surface area contributed by atoms with Gasteiger partial charge >= 0.3 is 7.69 Å². The average molecular weight is 182 g/mol. The maximum Gasteiger partial charge on any atom is 0.432 e. The Morgan fingerprint density at radius 3 is 1.77 bits per heavy atom. The van der Waals surface area contributed by atoms with Gasteiger partial charge in [-0.2, -0.15) is 0 Å². The number of hydrogen-bond acceptors (Lipinski definition) is 3. The van der Waals surface area contributed by atoms with Crippen molar-refractivity contribution in [2.45, 2.75) is 19.8 Å². The van der Waals surface area contributed by atoms with Gasteiger partial charge in [0.1, 0.15) is 5.75 Å². The molecular formula is C9H15BO3. The van der Waals surface area contributed by atoms with Gasteiger partial charge in [-0.15, -0.1) is 0 Å². The van der Waals surface area contributed by atoms with Gasteiger partial charge in [0.15, 0.2) is 0 Å². The number of aromatic hydroxyl groups is 1. The van der Waals surface area contributed by atoms with E-state index in [1.165, 1.54) is 5.56 Å². The Hall–Kier alpha value is -0.995. The molecule has 0 heterocycles. The molecule has 13 heavy (non-hydrogen) atoms. The van der Waals surface area contributed by atoms with Crippen LogP contribution in [-0.2, 0) is 0 Å². The first-order chi connectivity index (χ1) is 6.11. The SMILES string of the molecule is CC(C)c1ccc(O)cc1.OBO.